The molecular weight excluding hydrogens is 578 g/mol. The zero-order valence-electron chi connectivity index (χ0n) is 25.0. The fourth-order valence-corrected chi connectivity index (χ4v) is 9.93. The van der Waals surface area contributed by atoms with Crippen molar-refractivity contribution in [3.63, 3.8) is 0 Å². The van der Waals surface area contributed by atoms with Gasteiger partial charge in [-0.25, -0.2) is 16.8 Å². The van der Waals surface area contributed by atoms with Gasteiger partial charge in [-0.1, -0.05) is 52.2 Å². The maximum absolute atomic E-state index is 11.3. The molecule has 0 aromatic rings. The van der Waals surface area contributed by atoms with Crippen molar-refractivity contribution < 1.29 is 98.5 Å². The van der Waals surface area contributed by atoms with Crippen LogP contribution in [0.4, 0.5) is 0 Å². The predicted molar refractivity (Wildman–Crippen MR) is 139 cm³/mol. The fourth-order valence-electron chi connectivity index (χ4n) is 9.09. The minimum absolute atomic E-state index is 0. The third kappa shape index (κ3) is 8.37. The molecule has 3 saturated carbocycles. The van der Waals surface area contributed by atoms with E-state index in [0.717, 1.165) is 56.9 Å². The summed E-state index contributed by atoms with van der Waals surface area (Å²) in [5.74, 6) is 1.86. The van der Waals surface area contributed by atoms with Gasteiger partial charge in [0.15, 0.2) is 0 Å². The van der Waals surface area contributed by atoms with Crippen molar-refractivity contribution in [3.8, 4) is 0 Å². The van der Waals surface area contributed by atoms with E-state index >= 15 is 0 Å². The Kier molecular flexibility index (Phi) is 13.4. The van der Waals surface area contributed by atoms with Crippen LogP contribution in [0, 0.1) is 46.3 Å². The zero-order valence-corrected chi connectivity index (χ0v) is 30.6. The van der Waals surface area contributed by atoms with Gasteiger partial charge >= 0.3 is 59.1 Å². The first-order valence-electron chi connectivity index (χ1n) is 14.2. The van der Waals surface area contributed by atoms with Crippen LogP contribution in [0.3, 0.4) is 0 Å². The Morgan fingerprint density at radius 1 is 1.02 bits per heavy atom. The van der Waals surface area contributed by atoms with Gasteiger partial charge in [-0.3, -0.25) is 8.37 Å². The molecule has 0 aliphatic heterocycles. The number of hydrogen-bond donors (Lipinski definition) is 1. The first-order chi connectivity index (χ1) is 17.5. The van der Waals surface area contributed by atoms with Crippen LogP contribution < -0.4 is 59.1 Å². The van der Waals surface area contributed by atoms with Crippen molar-refractivity contribution in [2.45, 2.75) is 104 Å². The largest absolute Gasteiger partial charge is 1.00 e. The second-order valence-corrected chi connectivity index (χ2v) is 15.3. The Labute approximate surface area is 285 Å². The van der Waals surface area contributed by atoms with Gasteiger partial charge in [0, 0.05) is 0 Å². The summed E-state index contributed by atoms with van der Waals surface area (Å²) in [5, 5.41) is 10.5. The molecule has 9 atom stereocenters. The first-order valence-corrected chi connectivity index (χ1v) is 16.8. The van der Waals surface area contributed by atoms with Crippen LogP contribution in [0.5, 0.6) is 0 Å². The van der Waals surface area contributed by atoms with Crippen LogP contribution in [0.2, 0.25) is 0 Å². The molecule has 3 fully saturated rings. The van der Waals surface area contributed by atoms with Gasteiger partial charge in [0.05, 0.1) is 12.7 Å². The van der Waals surface area contributed by atoms with Crippen LogP contribution in [0.1, 0.15) is 91.9 Å². The van der Waals surface area contributed by atoms with Crippen molar-refractivity contribution in [1.82, 2.24) is 0 Å². The Morgan fingerprint density at radius 3 is 2.30 bits per heavy atom. The minimum Gasteiger partial charge on any atom is -0.726 e. The number of allylic oxidation sites excluding steroid dienone is 1. The number of fused-ring (bicyclic) bond motifs is 5. The van der Waals surface area contributed by atoms with E-state index in [9.17, 15) is 31.0 Å². The standard InChI is InChI=1S/C27H46O9S2.2Na/c1-17(2)6-5-7-18(16-35-37(29,30)31)21-10-11-22-20-9-8-19-14-24(28)25(36-38(32,33)34)15-27(19,4)23(20)12-13-26(21,22)3;;/h8,17-18,20-25,28H,5-7,9-16H2,1-4H3,(H,29,30,31)(H,32,33,34);;/q;2*+1/p-2/t18-,20?,21+,22?,23?,24-,25?,26+,27-;;/m0../s1. The predicted octanol–water partition coefficient (Wildman–Crippen LogP) is -1.69. The van der Waals surface area contributed by atoms with E-state index in [0.29, 0.717) is 30.6 Å². The molecule has 40 heavy (non-hydrogen) atoms. The maximum Gasteiger partial charge on any atom is 1.00 e. The van der Waals surface area contributed by atoms with E-state index in [4.69, 9.17) is 8.37 Å². The second kappa shape index (κ2) is 14.3. The van der Waals surface area contributed by atoms with Gasteiger partial charge in [0.25, 0.3) is 0 Å². The van der Waals surface area contributed by atoms with Crippen LogP contribution >= 0.6 is 0 Å². The van der Waals surface area contributed by atoms with Gasteiger partial charge in [0.2, 0.25) is 20.8 Å². The fraction of sp³-hybridized carbons (Fsp3) is 0.926. The van der Waals surface area contributed by atoms with Crippen molar-refractivity contribution in [2.24, 2.45) is 46.3 Å². The Hall–Kier alpha value is 1.44. The molecule has 9 nitrogen and oxygen atoms in total. The molecular formula is C27H44Na2O9S2. The van der Waals surface area contributed by atoms with Gasteiger partial charge in [0.1, 0.15) is 6.10 Å². The molecule has 0 heterocycles. The van der Waals surface area contributed by atoms with Gasteiger partial charge in [-0.2, -0.15) is 0 Å². The quantitative estimate of drug-likeness (QED) is 0.130. The summed E-state index contributed by atoms with van der Waals surface area (Å²) in [6.07, 6.45) is 8.34. The van der Waals surface area contributed by atoms with Crippen molar-refractivity contribution in [2.75, 3.05) is 6.61 Å². The Balaban J connectivity index is 0.00000280. The van der Waals surface area contributed by atoms with Crippen LogP contribution in [0.15, 0.2) is 11.6 Å². The molecule has 4 aliphatic rings. The number of aliphatic hydroxyl groups is 1. The van der Waals surface area contributed by atoms with E-state index in [2.05, 4.69) is 33.8 Å². The number of hydrogen-bond acceptors (Lipinski definition) is 9. The molecule has 0 saturated heterocycles. The third-order valence-electron chi connectivity index (χ3n) is 10.8. The topological polar surface area (TPSA) is 153 Å². The molecule has 0 spiro atoms. The summed E-state index contributed by atoms with van der Waals surface area (Å²) in [6, 6.07) is 0. The molecule has 1 N–H and O–H groups in total. The van der Waals surface area contributed by atoms with Crippen LogP contribution in [0.25, 0.3) is 0 Å². The van der Waals surface area contributed by atoms with E-state index in [-0.39, 0.29) is 94.3 Å². The first kappa shape index (κ1) is 37.6. The summed E-state index contributed by atoms with van der Waals surface area (Å²) < 4.78 is 77.6. The third-order valence-corrected chi connectivity index (χ3v) is 11.7. The average molecular weight is 623 g/mol. The molecule has 220 valence electrons. The molecule has 4 aliphatic carbocycles. The van der Waals surface area contributed by atoms with Gasteiger partial charge in [-0.05, 0) is 97.7 Å². The normalized spacial score (nSPS) is 38.2. The SMILES string of the molecule is CC(C)CCC[C@@H](COS(=O)(=O)[O-])[C@H]1CCC2C3CC=C4C[C@H](O)C(OS(=O)(=O)[O-])C[C@]4(C)C3CC[C@@]21C.[Na+].[Na+]. The molecule has 4 unspecified atom stereocenters. The summed E-state index contributed by atoms with van der Waals surface area (Å²) in [7, 11) is -9.68. The number of aliphatic hydroxyl groups excluding tert-OH is 1. The van der Waals surface area contributed by atoms with Gasteiger partial charge in [-0.15, -0.1) is 0 Å². The van der Waals surface area contributed by atoms with Crippen molar-refractivity contribution >= 4 is 20.8 Å². The average Bonchev–Trinajstić information content (AvgIpc) is 3.12. The number of rotatable bonds is 10. The summed E-state index contributed by atoms with van der Waals surface area (Å²) in [6.45, 7) is 8.73. The summed E-state index contributed by atoms with van der Waals surface area (Å²) in [5.41, 5.74) is 0.769. The second-order valence-electron chi connectivity index (χ2n) is 13.3. The zero-order chi connectivity index (χ0) is 28.1. The molecule has 4 rings (SSSR count). The van der Waals surface area contributed by atoms with Crippen molar-refractivity contribution in [1.29, 1.82) is 0 Å². The van der Waals surface area contributed by atoms with Crippen molar-refractivity contribution in [3.05, 3.63) is 11.6 Å². The maximum atomic E-state index is 11.3. The summed E-state index contributed by atoms with van der Waals surface area (Å²) in [4.78, 5) is 0. The molecule has 13 heteroatoms. The van der Waals surface area contributed by atoms with Crippen LogP contribution in [-0.2, 0) is 29.2 Å². The smallest absolute Gasteiger partial charge is 0.726 e. The van der Waals surface area contributed by atoms with E-state index in [1.54, 1.807) is 0 Å². The Bertz CT molecular complexity index is 1110. The molecule has 0 aromatic carbocycles. The summed E-state index contributed by atoms with van der Waals surface area (Å²) >= 11 is 0. The molecule has 0 amide bonds. The molecule has 0 bridgehead atoms. The molecule has 0 aromatic heterocycles. The Morgan fingerprint density at radius 2 is 1.70 bits per heavy atom. The monoisotopic (exact) mass is 622 g/mol. The van der Waals surface area contributed by atoms with E-state index in [1.807, 2.05) is 0 Å². The minimum atomic E-state index is -4.93. The molecule has 0 radical (unpaired) electrons. The van der Waals surface area contributed by atoms with Crippen LogP contribution in [-0.4, -0.2) is 49.9 Å². The van der Waals surface area contributed by atoms with E-state index < -0.39 is 33.0 Å². The van der Waals surface area contributed by atoms with Gasteiger partial charge < -0.3 is 14.2 Å². The van der Waals surface area contributed by atoms with E-state index in [1.165, 1.54) is 0 Å².